The molecule has 7 heteroatoms. The second kappa shape index (κ2) is 8.17. The molecule has 0 aliphatic heterocycles. The van der Waals surface area contributed by atoms with Crippen LogP contribution in [0.4, 0.5) is 0 Å². The average molecular weight is 419 g/mol. The van der Waals surface area contributed by atoms with Gasteiger partial charge in [0.25, 0.3) is 5.56 Å². The Labute approximate surface area is 172 Å². The fourth-order valence-electron chi connectivity index (χ4n) is 2.79. The number of nitrogens with one attached hydrogen (secondary N) is 1. The van der Waals surface area contributed by atoms with Gasteiger partial charge in [0.2, 0.25) is 0 Å². The molecule has 0 aliphatic rings. The van der Waals surface area contributed by atoms with Crippen molar-refractivity contribution in [2.24, 2.45) is 0 Å². The number of halogens is 2. The van der Waals surface area contributed by atoms with Crippen molar-refractivity contribution in [1.29, 1.82) is 0 Å². The van der Waals surface area contributed by atoms with E-state index in [-0.39, 0.29) is 11.7 Å². The van der Waals surface area contributed by atoms with Gasteiger partial charge in [0.15, 0.2) is 11.5 Å². The first-order valence-electron chi connectivity index (χ1n) is 8.62. The molecule has 0 bridgehead atoms. The first-order valence-corrected chi connectivity index (χ1v) is 9.37. The molecule has 2 aromatic carbocycles. The summed E-state index contributed by atoms with van der Waals surface area (Å²) in [6, 6.07) is 10.4. The highest BCUT2D eigenvalue weighted by atomic mass is 35.5. The Bertz CT molecular complexity index is 1160. The normalized spacial score (nSPS) is 11.9. The van der Waals surface area contributed by atoms with Crippen molar-refractivity contribution in [3.63, 3.8) is 0 Å². The molecule has 5 nitrogen and oxygen atoms in total. The molecule has 146 valence electrons. The minimum Gasteiger partial charge on any atom is -0.491 e. The van der Waals surface area contributed by atoms with Crippen molar-refractivity contribution in [2.75, 3.05) is 7.11 Å². The molecular weight excluding hydrogens is 399 g/mol. The van der Waals surface area contributed by atoms with Gasteiger partial charge in [-0.2, -0.15) is 0 Å². The maximum absolute atomic E-state index is 12.9. The molecule has 0 radical (unpaired) electrons. The number of methoxy groups -OCH3 is 1. The molecule has 1 heterocycles. The summed E-state index contributed by atoms with van der Waals surface area (Å²) in [7, 11) is 1.53. The van der Waals surface area contributed by atoms with Crippen LogP contribution in [-0.2, 0) is 0 Å². The molecule has 0 amide bonds. The van der Waals surface area contributed by atoms with Crippen molar-refractivity contribution in [2.45, 2.75) is 20.0 Å². The molecule has 0 saturated heterocycles. The standard InChI is InChI=1S/C21H20Cl2N2O3/c1-12(2)28-19-11-14(10-18(23)20(19)27-4)9-17-13(3)24-25(21(17)26)16-7-5-15(22)6-8-16/h5-12,24H,3H2,1-2,4H3/b17-9-. The fourth-order valence-corrected chi connectivity index (χ4v) is 3.22. The molecule has 1 N–H and O–H groups in total. The van der Waals surface area contributed by atoms with Gasteiger partial charge in [0.1, 0.15) is 0 Å². The van der Waals surface area contributed by atoms with Crippen LogP contribution in [0.3, 0.4) is 0 Å². The molecule has 0 saturated carbocycles. The lowest BCUT2D eigenvalue weighted by Crippen LogP contribution is -2.33. The Kier molecular flexibility index (Phi) is 5.87. The zero-order chi connectivity index (χ0) is 20.4. The number of aromatic nitrogens is 2. The SMILES string of the molecule is C=c1[nH]n(-c2ccc(Cl)cc2)c(=O)/c1=C\c1cc(Cl)c(OC)c(OC(C)C)c1. The Morgan fingerprint density at radius 2 is 1.86 bits per heavy atom. The van der Waals surface area contributed by atoms with Gasteiger partial charge in [0, 0.05) is 5.02 Å². The first kappa shape index (κ1) is 20.1. The van der Waals surface area contributed by atoms with E-state index >= 15 is 0 Å². The summed E-state index contributed by atoms with van der Waals surface area (Å²) >= 11 is 12.3. The number of hydrogen-bond acceptors (Lipinski definition) is 3. The van der Waals surface area contributed by atoms with E-state index in [1.54, 1.807) is 42.5 Å². The molecular formula is C21H20Cl2N2O3. The molecule has 3 aromatic rings. The number of hydrogen-bond donors (Lipinski definition) is 1. The highest BCUT2D eigenvalue weighted by Crippen LogP contribution is 2.37. The topological polar surface area (TPSA) is 56.2 Å². The van der Waals surface area contributed by atoms with Crippen LogP contribution in [0, 0.1) is 0 Å². The van der Waals surface area contributed by atoms with Crippen LogP contribution in [0.15, 0.2) is 41.2 Å². The van der Waals surface area contributed by atoms with E-state index in [1.165, 1.54) is 11.8 Å². The number of H-pyrrole nitrogens is 1. The van der Waals surface area contributed by atoms with E-state index in [2.05, 4.69) is 11.7 Å². The van der Waals surface area contributed by atoms with Crippen molar-refractivity contribution in [3.8, 4) is 17.2 Å². The highest BCUT2D eigenvalue weighted by molar-refractivity contribution is 6.32. The number of aromatic amines is 1. The lowest BCUT2D eigenvalue weighted by atomic mass is 10.1. The monoisotopic (exact) mass is 418 g/mol. The molecule has 3 rings (SSSR count). The second-order valence-corrected chi connectivity index (χ2v) is 7.31. The van der Waals surface area contributed by atoms with E-state index < -0.39 is 0 Å². The molecule has 1 aromatic heterocycles. The number of ether oxygens (including phenoxy) is 2. The predicted molar refractivity (Wildman–Crippen MR) is 114 cm³/mol. The summed E-state index contributed by atoms with van der Waals surface area (Å²) in [5, 5.41) is 4.88. The smallest absolute Gasteiger partial charge is 0.279 e. The highest BCUT2D eigenvalue weighted by Gasteiger charge is 2.13. The van der Waals surface area contributed by atoms with Gasteiger partial charge >= 0.3 is 0 Å². The van der Waals surface area contributed by atoms with Gasteiger partial charge in [0.05, 0.1) is 34.5 Å². The maximum atomic E-state index is 12.9. The molecule has 0 aliphatic carbocycles. The van der Waals surface area contributed by atoms with E-state index in [9.17, 15) is 4.79 Å². The summed E-state index contributed by atoms with van der Waals surface area (Å²) in [4.78, 5) is 12.9. The van der Waals surface area contributed by atoms with Gasteiger partial charge in [-0.3, -0.25) is 9.89 Å². The number of rotatable bonds is 5. The maximum Gasteiger partial charge on any atom is 0.279 e. The summed E-state index contributed by atoms with van der Waals surface area (Å²) in [6.45, 7) is 7.77. The fraction of sp³-hybridized carbons (Fsp3) is 0.190. The van der Waals surface area contributed by atoms with Crippen LogP contribution in [0.1, 0.15) is 19.4 Å². The van der Waals surface area contributed by atoms with E-state index in [0.717, 1.165) is 0 Å². The summed E-state index contributed by atoms with van der Waals surface area (Å²) in [6.07, 6.45) is 1.66. The summed E-state index contributed by atoms with van der Waals surface area (Å²) in [5.41, 5.74) is 1.13. The second-order valence-electron chi connectivity index (χ2n) is 6.47. The minimum absolute atomic E-state index is 0.0574. The van der Waals surface area contributed by atoms with Crippen molar-refractivity contribution in [1.82, 2.24) is 9.78 Å². The van der Waals surface area contributed by atoms with Crippen LogP contribution in [0.5, 0.6) is 11.5 Å². The largest absolute Gasteiger partial charge is 0.491 e. The molecule has 0 spiro atoms. The zero-order valence-electron chi connectivity index (χ0n) is 15.8. The lowest BCUT2D eigenvalue weighted by Gasteiger charge is -2.15. The zero-order valence-corrected chi connectivity index (χ0v) is 17.3. The van der Waals surface area contributed by atoms with Crippen LogP contribution in [-0.4, -0.2) is 23.0 Å². The van der Waals surface area contributed by atoms with Crippen molar-refractivity contribution in [3.05, 3.63) is 72.9 Å². The quantitative estimate of drug-likeness (QED) is 0.689. The summed E-state index contributed by atoms with van der Waals surface area (Å²) in [5.74, 6) is 0.963. The Hall–Kier alpha value is -2.63. The van der Waals surface area contributed by atoms with Gasteiger partial charge in [-0.25, -0.2) is 4.68 Å². The van der Waals surface area contributed by atoms with E-state index in [0.29, 0.717) is 43.4 Å². The van der Waals surface area contributed by atoms with E-state index in [4.69, 9.17) is 32.7 Å². The Morgan fingerprint density at radius 3 is 2.46 bits per heavy atom. The van der Waals surface area contributed by atoms with Crippen LogP contribution < -0.4 is 25.6 Å². The van der Waals surface area contributed by atoms with Gasteiger partial charge in [-0.15, -0.1) is 0 Å². The Morgan fingerprint density at radius 1 is 1.18 bits per heavy atom. The third kappa shape index (κ3) is 4.11. The third-order valence-corrected chi connectivity index (χ3v) is 4.53. The lowest BCUT2D eigenvalue weighted by molar-refractivity contribution is 0.230. The van der Waals surface area contributed by atoms with Gasteiger partial charge < -0.3 is 9.47 Å². The number of benzene rings is 2. The molecule has 28 heavy (non-hydrogen) atoms. The van der Waals surface area contributed by atoms with Crippen molar-refractivity contribution >= 4 is 35.9 Å². The summed E-state index contributed by atoms with van der Waals surface area (Å²) < 4.78 is 12.5. The van der Waals surface area contributed by atoms with E-state index in [1.807, 2.05) is 13.8 Å². The minimum atomic E-state index is -0.231. The molecule has 0 fully saturated rings. The molecule has 0 atom stereocenters. The van der Waals surface area contributed by atoms with Gasteiger partial charge in [-0.1, -0.05) is 29.8 Å². The first-order chi connectivity index (χ1) is 13.3. The molecule has 0 unspecified atom stereocenters. The Balaban J connectivity index is 2.14. The number of nitrogens with zero attached hydrogens (tertiary/aromatic N) is 1. The predicted octanol–water partition coefficient (Wildman–Crippen LogP) is 3.51. The van der Waals surface area contributed by atoms with Crippen molar-refractivity contribution < 1.29 is 9.47 Å². The van der Waals surface area contributed by atoms with Crippen LogP contribution in [0.25, 0.3) is 18.3 Å². The van der Waals surface area contributed by atoms with Crippen LogP contribution >= 0.6 is 23.2 Å². The third-order valence-electron chi connectivity index (χ3n) is 4.00. The van der Waals surface area contributed by atoms with Crippen LogP contribution in [0.2, 0.25) is 10.0 Å². The van der Waals surface area contributed by atoms with Gasteiger partial charge in [-0.05, 0) is 61.9 Å². The average Bonchev–Trinajstić information content (AvgIpc) is 2.90.